The molecular weight excluding hydrogens is 544 g/mol. The van der Waals surface area contributed by atoms with E-state index in [0.29, 0.717) is 44.8 Å². The van der Waals surface area contributed by atoms with Crippen LogP contribution in [0.25, 0.3) is 11.0 Å². The van der Waals surface area contributed by atoms with Gasteiger partial charge in [0.1, 0.15) is 11.6 Å². The maximum Gasteiger partial charge on any atom is 0.294 e. The molecule has 11 nitrogen and oxygen atoms in total. The first-order valence-corrected chi connectivity index (χ1v) is 16.2. The van der Waals surface area contributed by atoms with E-state index in [1.807, 2.05) is 41.3 Å². The molecule has 2 aliphatic heterocycles. The number of fused-ring (bicyclic) bond motifs is 3. The van der Waals surface area contributed by atoms with Crippen molar-refractivity contribution >= 4 is 32.9 Å². The van der Waals surface area contributed by atoms with E-state index in [0.717, 1.165) is 43.1 Å². The molecule has 3 fully saturated rings. The van der Waals surface area contributed by atoms with Crippen LogP contribution in [-0.2, 0) is 19.6 Å². The molecule has 4 aliphatic rings. The van der Waals surface area contributed by atoms with Crippen molar-refractivity contribution in [2.24, 2.45) is 11.7 Å². The molecule has 12 heteroatoms. The van der Waals surface area contributed by atoms with Crippen LogP contribution in [0, 0.1) is 5.92 Å². The molecular formula is C29H40N6O5S. The van der Waals surface area contributed by atoms with Gasteiger partial charge in [0.25, 0.3) is 11.9 Å². The first-order valence-electron chi connectivity index (χ1n) is 14.8. The molecule has 0 unspecified atom stereocenters. The highest BCUT2D eigenvalue weighted by molar-refractivity contribution is 7.91. The number of imidazole rings is 1. The van der Waals surface area contributed by atoms with Crippen LogP contribution in [0.3, 0.4) is 0 Å². The van der Waals surface area contributed by atoms with E-state index in [9.17, 15) is 18.0 Å². The van der Waals surface area contributed by atoms with Crippen LogP contribution in [0.15, 0.2) is 36.4 Å². The second-order valence-corrected chi connectivity index (χ2v) is 14.7. The first kappa shape index (κ1) is 28.2. The number of allylic oxidation sites excluding steroid dienone is 1. The largest absolute Gasteiger partial charge is 0.460 e. The number of para-hydroxylation sites is 2. The topological polar surface area (TPSA) is 160 Å². The highest BCUT2D eigenvalue weighted by Crippen LogP contribution is 2.47. The van der Waals surface area contributed by atoms with E-state index in [-0.39, 0.29) is 24.0 Å². The number of ether oxygens (including phenoxy) is 1. The number of aromatic amines is 1. The summed E-state index contributed by atoms with van der Waals surface area (Å²) in [5.74, 6) is -1.24. The second-order valence-electron chi connectivity index (χ2n) is 12.5. The van der Waals surface area contributed by atoms with Gasteiger partial charge in [0.15, 0.2) is 0 Å². The normalized spacial score (nSPS) is 33.0. The van der Waals surface area contributed by atoms with Crippen LogP contribution < -0.4 is 20.5 Å². The van der Waals surface area contributed by atoms with E-state index in [1.54, 1.807) is 6.92 Å². The Hall–Kier alpha value is -2.96. The van der Waals surface area contributed by atoms with Crippen molar-refractivity contribution in [3.05, 3.63) is 36.4 Å². The fourth-order valence-electron chi connectivity index (χ4n) is 6.13. The molecule has 1 aromatic carbocycles. The summed E-state index contributed by atoms with van der Waals surface area (Å²) in [5, 5.41) is 3.00. The summed E-state index contributed by atoms with van der Waals surface area (Å²) in [5.41, 5.74) is 6.88. The molecule has 5 N–H and O–H groups in total. The quantitative estimate of drug-likeness (QED) is 0.389. The Labute approximate surface area is 240 Å². The number of aromatic nitrogens is 2. The molecule has 2 amide bonds. The lowest BCUT2D eigenvalue weighted by atomic mass is 10.1. The fraction of sp³-hybridized carbons (Fsp3) is 0.621. The number of sulfonamides is 1. The zero-order chi connectivity index (χ0) is 28.8. The van der Waals surface area contributed by atoms with Gasteiger partial charge in [0.05, 0.1) is 21.8 Å². The molecule has 5 atom stereocenters. The molecule has 2 saturated carbocycles. The summed E-state index contributed by atoms with van der Waals surface area (Å²) in [4.78, 5) is 37.1. The minimum absolute atomic E-state index is 0.105. The molecule has 1 saturated heterocycles. The van der Waals surface area contributed by atoms with Gasteiger partial charge in [-0.1, -0.05) is 37.1 Å². The van der Waals surface area contributed by atoms with E-state index < -0.39 is 32.3 Å². The first-order chi connectivity index (χ1) is 19.6. The van der Waals surface area contributed by atoms with E-state index in [1.165, 1.54) is 0 Å². The molecule has 2 aliphatic carbocycles. The van der Waals surface area contributed by atoms with Crippen LogP contribution in [0.1, 0.15) is 64.7 Å². The number of benzene rings is 1. The minimum Gasteiger partial charge on any atom is -0.460 e. The number of hydrogen-bond acceptors (Lipinski definition) is 8. The fourth-order valence-corrected chi connectivity index (χ4v) is 7.44. The average molecular weight is 585 g/mol. The van der Waals surface area contributed by atoms with Crippen molar-refractivity contribution in [2.75, 3.05) is 13.1 Å². The van der Waals surface area contributed by atoms with Crippen molar-refractivity contribution in [1.82, 2.24) is 24.9 Å². The van der Waals surface area contributed by atoms with Gasteiger partial charge in [0, 0.05) is 31.5 Å². The Morgan fingerprint density at radius 2 is 2.00 bits per heavy atom. The molecule has 0 radical (unpaired) electrons. The highest BCUT2D eigenvalue weighted by atomic mass is 32.2. The number of amides is 2. The molecule has 2 aromatic rings. The van der Waals surface area contributed by atoms with Gasteiger partial charge >= 0.3 is 0 Å². The van der Waals surface area contributed by atoms with E-state index in [2.05, 4.69) is 20.0 Å². The van der Waals surface area contributed by atoms with Crippen molar-refractivity contribution < 1.29 is 22.7 Å². The average Bonchev–Trinajstić information content (AvgIpc) is 3.74. The van der Waals surface area contributed by atoms with Crippen molar-refractivity contribution in [3.63, 3.8) is 0 Å². The molecule has 41 heavy (non-hydrogen) atoms. The van der Waals surface area contributed by atoms with Crippen LogP contribution in [0.5, 0.6) is 6.01 Å². The van der Waals surface area contributed by atoms with Crippen LogP contribution in [-0.4, -0.2) is 76.7 Å². The van der Waals surface area contributed by atoms with Gasteiger partial charge in [-0.05, 0) is 57.6 Å². The van der Waals surface area contributed by atoms with Crippen LogP contribution >= 0.6 is 0 Å². The molecule has 1 aromatic heterocycles. The lowest BCUT2D eigenvalue weighted by molar-refractivity contribution is -0.132. The third-order valence-corrected chi connectivity index (χ3v) is 11.4. The molecule has 0 spiro atoms. The summed E-state index contributed by atoms with van der Waals surface area (Å²) >= 11 is 0. The van der Waals surface area contributed by atoms with E-state index >= 15 is 0 Å². The van der Waals surface area contributed by atoms with Crippen LogP contribution in [0.2, 0.25) is 0 Å². The number of nitrogens with zero attached hydrogens (tertiary/aromatic N) is 2. The molecule has 222 valence electrons. The van der Waals surface area contributed by atoms with Gasteiger partial charge in [-0.2, -0.15) is 4.98 Å². The Kier molecular flexibility index (Phi) is 7.36. The van der Waals surface area contributed by atoms with Crippen molar-refractivity contribution in [3.8, 4) is 6.01 Å². The van der Waals surface area contributed by atoms with Gasteiger partial charge in [-0.15, -0.1) is 0 Å². The number of rotatable bonds is 5. The number of nitrogens with two attached hydrogens (primary N) is 1. The number of nitrogens with one attached hydrogen (secondary N) is 3. The van der Waals surface area contributed by atoms with E-state index in [4.69, 9.17) is 10.5 Å². The monoisotopic (exact) mass is 584 g/mol. The zero-order valence-electron chi connectivity index (χ0n) is 23.5. The Bertz CT molecular complexity index is 1420. The van der Waals surface area contributed by atoms with Gasteiger partial charge in [-0.25, -0.2) is 8.42 Å². The number of carbonyl (C=O) groups excluding carboxylic acids is 2. The SMILES string of the molecule is CC1(S(=O)(=O)NC(=O)[C@@]23C[C@@H]2/C=C\CCCCC[C@H](N)CN2C[C@H](Oc4nc5ccccc5[nH]4)C[C@H]2C(=O)N3)CC1. The molecule has 3 heterocycles. The lowest BCUT2D eigenvalue weighted by Crippen LogP contribution is -2.57. The van der Waals surface area contributed by atoms with Gasteiger partial charge < -0.3 is 20.8 Å². The Morgan fingerprint density at radius 3 is 2.78 bits per heavy atom. The van der Waals surface area contributed by atoms with Crippen molar-refractivity contribution in [2.45, 2.75) is 93.2 Å². The number of hydrogen-bond donors (Lipinski definition) is 4. The maximum absolute atomic E-state index is 13.9. The summed E-state index contributed by atoms with van der Waals surface area (Å²) in [7, 11) is -3.84. The zero-order valence-corrected chi connectivity index (χ0v) is 24.3. The predicted molar refractivity (Wildman–Crippen MR) is 154 cm³/mol. The third-order valence-electron chi connectivity index (χ3n) is 9.19. The third kappa shape index (κ3) is 5.74. The summed E-state index contributed by atoms with van der Waals surface area (Å²) in [6.45, 7) is 2.64. The predicted octanol–water partition coefficient (Wildman–Crippen LogP) is 2.11. The van der Waals surface area contributed by atoms with Gasteiger partial charge in [0.2, 0.25) is 15.9 Å². The minimum atomic E-state index is -3.84. The maximum atomic E-state index is 13.9. The number of H-pyrrole nitrogens is 1. The van der Waals surface area contributed by atoms with Crippen LogP contribution in [0.4, 0.5) is 0 Å². The second kappa shape index (κ2) is 10.7. The highest BCUT2D eigenvalue weighted by Gasteiger charge is 2.63. The standard InChI is InChI=1S/C29H40N6O5S/c1-28(13-14-28)41(38,39)34-26(37)29-16-19(29)9-5-3-2-4-6-10-20(30)17-35-18-21(15-24(35)25(36)33-29)40-27-31-22-11-7-8-12-23(22)32-27/h5,7-9,11-12,19-21,24H,2-4,6,10,13-18,30H2,1H3,(H,31,32)(H,33,36)(H,34,37)/b9-5-/t19-,20-,21+,24-,29+/m0/s1. The Balaban J connectivity index is 1.22. The smallest absolute Gasteiger partial charge is 0.294 e. The van der Waals surface area contributed by atoms with Gasteiger partial charge in [-0.3, -0.25) is 19.2 Å². The number of carbonyl (C=O) groups is 2. The molecule has 6 rings (SSSR count). The summed E-state index contributed by atoms with van der Waals surface area (Å²) in [6.07, 6.45) is 10.2. The molecule has 0 bridgehead atoms. The summed E-state index contributed by atoms with van der Waals surface area (Å²) in [6, 6.07) is 7.37. The van der Waals surface area contributed by atoms with Crippen molar-refractivity contribution in [1.29, 1.82) is 0 Å². The Morgan fingerprint density at radius 1 is 1.20 bits per heavy atom. The lowest BCUT2D eigenvalue weighted by Gasteiger charge is -2.28. The summed E-state index contributed by atoms with van der Waals surface area (Å²) < 4.78 is 33.4.